The van der Waals surface area contributed by atoms with Gasteiger partial charge in [-0.1, -0.05) is 6.07 Å². The molecule has 9 nitrogen and oxygen atoms in total. The van der Waals surface area contributed by atoms with E-state index in [2.05, 4.69) is 4.98 Å². The minimum absolute atomic E-state index is 0.0524. The van der Waals surface area contributed by atoms with Crippen LogP contribution in [0.4, 0.5) is 8.78 Å². The zero-order chi connectivity index (χ0) is 31.2. The van der Waals surface area contributed by atoms with Crippen LogP contribution in [0.3, 0.4) is 0 Å². The Kier molecular flexibility index (Phi) is 7.95. The molecule has 0 spiro atoms. The standard InChI is InChI=1S/C31H28F2N4O5S2/c1-3-41-30(38)26-16-43-31(35-26)37-27(12-18-5-6-18)23(13-19-7-9-21(15-25(19)33)44(34,39)40)29(36-37)20-8-10-24(32)22(14-20)28-11-4-17(2)42-28/h4,7-11,14-16,18H,3,5-6,12-13H2,1-2H3,(H2,34,39,40). The molecular formula is C31H28F2N4O5S2. The Labute approximate surface area is 256 Å². The largest absolute Gasteiger partial charge is 0.461 e. The number of carbonyl (C=O) groups is 1. The molecule has 1 aliphatic rings. The number of furan rings is 1. The summed E-state index contributed by atoms with van der Waals surface area (Å²) in [6, 6.07) is 11.5. The molecule has 2 aromatic carbocycles. The molecule has 13 heteroatoms. The summed E-state index contributed by atoms with van der Waals surface area (Å²) in [6.45, 7) is 3.68. The highest BCUT2D eigenvalue weighted by Crippen LogP contribution is 2.39. The van der Waals surface area contributed by atoms with Crippen molar-refractivity contribution in [3.05, 3.63) is 93.8 Å². The molecule has 1 fully saturated rings. The summed E-state index contributed by atoms with van der Waals surface area (Å²) in [4.78, 5) is 16.6. The van der Waals surface area contributed by atoms with Gasteiger partial charge < -0.3 is 9.15 Å². The van der Waals surface area contributed by atoms with E-state index in [1.165, 1.54) is 29.5 Å². The van der Waals surface area contributed by atoms with Gasteiger partial charge in [0.1, 0.15) is 23.2 Å². The van der Waals surface area contributed by atoms with Gasteiger partial charge in [0.2, 0.25) is 15.2 Å². The lowest BCUT2D eigenvalue weighted by Gasteiger charge is -2.11. The Hall–Kier alpha value is -4.20. The van der Waals surface area contributed by atoms with Crippen molar-refractivity contribution < 1.29 is 31.1 Å². The molecule has 0 radical (unpaired) electrons. The lowest BCUT2D eigenvalue weighted by atomic mass is 9.95. The van der Waals surface area contributed by atoms with Crippen molar-refractivity contribution in [2.45, 2.75) is 44.4 Å². The molecule has 5 aromatic rings. The number of benzene rings is 2. The fourth-order valence-electron chi connectivity index (χ4n) is 5.01. The topological polar surface area (TPSA) is 130 Å². The summed E-state index contributed by atoms with van der Waals surface area (Å²) in [5, 5.41) is 12.2. The van der Waals surface area contributed by atoms with E-state index in [0.717, 1.165) is 24.6 Å². The van der Waals surface area contributed by atoms with E-state index in [-0.39, 0.29) is 34.7 Å². The van der Waals surface area contributed by atoms with Crippen molar-refractivity contribution in [2.75, 3.05) is 6.61 Å². The van der Waals surface area contributed by atoms with Crippen LogP contribution in [0, 0.1) is 24.5 Å². The molecule has 0 unspecified atom stereocenters. The van der Waals surface area contributed by atoms with Crippen LogP contribution in [0.1, 0.15) is 52.8 Å². The summed E-state index contributed by atoms with van der Waals surface area (Å²) < 4.78 is 66.5. The molecule has 3 aromatic heterocycles. The molecule has 44 heavy (non-hydrogen) atoms. The van der Waals surface area contributed by atoms with Crippen molar-refractivity contribution in [1.82, 2.24) is 14.8 Å². The zero-order valence-corrected chi connectivity index (χ0v) is 25.5. The summed E-state index contributed by atoms with van der Waals surface area (Å²) in [7, 11) is -4.10. The number of carbonyl (C=O) groups excluding carboxylic acids is 1. The summed E-state index contributed by atoms with van der Waals surface area (Å²) in [5.74, 6) is -0.416. The molecule has 0 amide bonds. The number of thiazole rings is 1. The van der Waals surface area contributed by atoms with Gasteiger partial charge in [-0.25, -0.2) is 36.8 Å². The van der Waals surface area contributed by atoms with E-state index < -0.39 is 27.6 Å². The number of aromatic nitrogens is 3. The van der Waals surface area contributed by atoms with E-state index in [0.29, 0.717) is 45.8 Å². The van der Waals surface area contributed by atoms with Crippen molar-refractivity contribution in [3.63, 3.8) is 0 Å². The average molecular weight is 639 g/mol. The Morgan fingerprint density at radius 3 is 2.59 bits per heavy atom. The molecule has 0 bridgehead atoms. The molecule has 1 aliphatic carbocycles. The molecule has 6 rings (SSSR count). The fraction of sp³-hybridized carbons (Fsp3) is 0.258. The van der Waals surface area contributed by atoms with E-state index >= 15 is 8.78 Å². The molecule has 1 saturated carbocycles. The number of rotatable bonds is 10. The summed E-state index contributed by atoms with van der Waals surface area (Å²) >= 11 is 1.21. The number of sulfonamides is 1. The van der Waals surface area contributed by atoms with Crippen molar-refractivity contribution >= 4 is 27.3 Å². The SMILES string of the molecule is CCOC(=O)c1csc(-n2nc(-c3ccc(F)c(-c4ccc(C)o4)c3)c(Cc3ccc(S(N)(=O)=O)cc3F)c2CC2CC2)n1. The van der Waals surface area contributed by atoms with E-state index in [9.17, 15) is 13.2 Å². The molecule has 2 N–H and O–H groups in total. The van der Waals surface area contributed by atoms with Gasteiger partial charge in [-0.2, -0.15) is 5.10 Å². The third-order valence-corrected chi connectivity index (χ3v) is 9.12. The van der Waals surface area contributed by atoms with Crippen molar-refractivity contribution in [1.29, 1.82) is 0 Å². The number of halogens is 2. The summed E-state index contributed by atoms with van der Waals surface area (Å²) in [6.07, 6.45) is 2.69. The lowest BCUT2D eigenvalue weighted by molar-refractivity contribution is 0.0520. The maximum Gasteiger partial charge on any atom is 0.357 e. The van der Waals surface area contributed by atoms with Crippen LogP contribution in [0.15, 0.2) is 63.2 Å². The smallest absolute Gasteiger partial charge is 0.357 e. The number of nitrogens with zero attached hydrogens (tertiary/aromatic N) is 3. The maximum absolute atomic E-state index is 15.4. The number of hydrogen-bond donors (Lipinski definition) is 1. The second-order valence-corrected chi connectivity index (χ2v) is 13.0. The highest BCUT2D eigenvalue weighted by atomic mass is 32.2. The second-order valence-electron chi connectivity index (χ2n) is 10.6. The first kappa shape index (κ1) is 29.9. The van der Waals surface area contributed by atoms with Gasteiger partial charge in [-0.15, -0.1) is 11.3 Å². The monoisotopic (exact) mass is 638 g/mol. The normalized spacial score (nSPS) is 13.4. The van der Waals surface area contributed by atoms with Gasteiger partial charge in [0, 0.05) is 22.9 Å². The third kappa shape index (κ3) is 6.07. The highest BCUT2D eigenvalue weighted by molar-refractivity contribution is 7.89. The van der Waals surface area contributed by atoms with Crippen LogP contribution in [0.5, 0.6) is 0 Å². The fourth-order valence-corrected chi connectivity index (χ4v) is 6.30. The molecular weight excluding hydrogens is 610 g/mol. The number of aryl methyl sites for hydroxylation is 1. The Morgan fingerprint density at radius 1 is 1.14 bits per heavy atom. The Bertz CT molecular complexity index is 1990. The second kappa shape index (κ2) is 11.7. The van der Waals surface area contributed by atoms with Crippen LogP contribution < -0.4 is 5.14 Å². The number of ether oxygens (including phenoxy) is 1. The van der Waals surface area contributed by atoms with Gasteiger partial charge in [0.05, 0.1) is 28.5 Å². The maximum atomic E-state index is 15.4. The van der Waals surface area contributed by atoms with Gasteiger partial charge in [-0.05, 0) is 87.1 Å². The van der Waals surface area contributed by atoms with Gasteiger partial charge in [0.25, 0.3) is 0 Å². The first-order chi connectivity index (χ1) is 21.0. The predicted octanol–water partition coefficient (Wildman–Crippen LogP) is 6.21. The van der Waals surface area contributed by atoms with Crippen LogP contribution >= 0.6 is 11.3 Å². The quantitative estimate of drug-likeness (QED) is 0.180. The van der Waals surface area contributed by atoms with E-state index in [1.54, 1.807) is 48.2 Å². The van der Waals surface area contributed by atoms with Crippen molar-refractivity contribution in [2.24, 2.45) is 11.1 Å². The first-order valence-electron chi connectivity index (χ1n) is 13.9. The zero-order valence-electron chi connectivity index (χ0n) is 23.8. The molecule has 228 valence electrons. The van der Waals surface area contributed by atoms with Gasteiger partial charge in [0.15, 0.2) is 5.69 Å². The Balaban J connectivity index is 1.53. The first-order valence-corrected chi connectivity index (χ1v) is 16.4. The molecule has 0 saturated heterocycles. The van der Waals surface area contributed by atoms with Crippen LogP contribution in [-0.2, 0) is 27.6 Å². The summed E-state index contributed by atoms with van der Waals surface area (Å²) in [5.41, 5.74) is 3.07. The number of hydrogen-bond acceptors (Lipinski definition) is 8. The van der Waals surface area contributed by atoms with Gasteiger partial charge >= 0.3 is 5.97 Å². The average Bonchev–Trinajstić information content (AvgIpc) is 3.32. The predicted molar refractivity (Wildman–Crippen MR) is 160 cm³/mol. The van der Waals surface area contributed by atoms with Crippen LogP contribution in [-0.4, -0.2) is 35.8 Å². The number of esters is 1. The van der Waals surface area contributed by atoms with Crippen molar-refractivity contribution in [3.8, 4) is 27.7 Å². The van der Waals surface area contributed by atoms with E-state index in [4.69, 9.17) is 19.4 Å². The molecule has 0 aliphatic heterocycles. The lowest BCUT2D eigenvalue weighted by Crippen LogP contribution is -2.13. The van der Waals surface area contributed by atoms with Crippen LogP contribution in [0.2, 0.25) is 0 Å². The molecule has 0 atom stereocenters. The number of nitrogens with two attached hydrogens (primary N) is 1. The Morgan fingerprint density at radius 2 is 1.93 bits per heavy atom. The third-order valence-electron chi connectivity index (χ3n) is 7.39. The van der Waals surface area contributed by atoms with E-state index in [1.807, 2.05) is 0 Å². The minimum atomic E-state index is -4.10. The molecule has 3 heterocycles. The van der Waals surface area contributed by atoms with Gasteiger partial charge in [-0.3, -0.25) is 0 Å². The highest BCUT2D eigenvalue weighted by Gasteiger charge is 2.30. The van der Waals surface area contributed by atoms with Crippen LogP contribution in [0.25, 0.3) is 27.7 Å². The number of primary sulfonamides is 1. The minimum Gasteiger partial charge on any atom is -0.461 e.